The van der Waals surface area contributed by atoms with Crippen LogP contribution in [0.2, 0.25) is 0 Å². The average molecular weight is 331 g/mol. The van der Waals surface area contributed by atoms with Gasteiger partial charge < -0.3 is 0 Å². The molecule has 2 rings (SSSR count). The largest absolute Gasteiger partial charge is 0.192 e. The van der Waals surface area contributed by atoms with Gasteiger partial charge in [-0.1, -0.05) is 36.4 Å². The van der Waals surface area contributed by atoms with E-state index in [-0.39, 0.29) is 0 Å². The minimum atomic E-state index is 0.691. The first-order chi connectivity index (χ1) is 8.28. The molecule has 2 aromatic rings. The molecule has 0 spiro atoms. The maximum absolute atomic E-state index is 8.70. The van der Waals surface area contributed by atoms with E-state index in [9.17, 15) is 0 Å². The zero-order chi connectivity index (χ0) is 12.1. The van der Waals surface area contributed by atoms with Crippen molar-refractivity contribution < 1.29 is 0 Å². The number of benzene rings is 2. The van der Waals surface area contributed by atoms with Crippen LogP contribution in [-0.4, -0.2) is 0 Å². The van der Waals surface area contributed by atoms with Gasteiger partial charge in [0.1, 0.15) is 0 Å². The number of nitriles is 1. The van der Waals surface area contributed by atoms with Gasteiger partial charge in [0.25, 0.3) is 0 Å². The monoisotopic (exact) mass is 331 g/mol. The van der Waals surface area contributed by atoms with Crippen molar-refractivity contribution in [2.75, 3.05) is 0 Å². The SMILES string of the molecule is N#Cc1ccc(/C=C/c2cccc(I)c2)cc1. The summed E-state index contributed by atoms with van der Waals surface area (Å²) in [5, 5.41) is 8.70. The second-order valence-electron chi connectivity index (χ2n) is 3.62. The first-order valence-electron chi connectivity index (χ1n) is 5.22. The molecule has 0 radical (unpaired) electrons. The summed E-state index contributed by atoms with van der Waals surface area (Å²) in [4.78, 5) is 0. The van der Waals surface area contributed by atoms with Gasteiger partial charge in [0.2, 0.25) is 0 Å². The molecule has 0 aliphatic heterocycles. The Morgan fingerprint density at radius 1 is 0.941 bits per heavy atom. The standard InChI is InChI=1S/C15H10IN/c16-15-3-1-2-13(10-15)7-4-12-5-8-14(11-17)9-6-12/h1-10H/b7-4+. The summed E-state index contributed by atoms with van der Waals surface area (Å²) in [5.41, 5.74) is 2.97. The lowest BCUT2D eigenvalue weighted by Gasteiger charge is -1.96. The van der Waals surface area contributed by atoms with E-state index in [0.717, 1.165) is 5.56 Å². The van der Waals surface area contributed by atoms with E-state index < -0.39 is 0 Å². The van der Waals surface area contributed by atoms with Crippen LogP contribution in [0.1, 0.15) is 16.7 Å². The Labute approximate surface area is 115 Å². The molecule has 0 aliphatic carbocycles. The molecule has 1 nitrogen and oxygen atoms in total. The van der Waals surface area contributed by atoms with Crippen LogP contribution in [0.3, 0.4) is 0 Å². The van der Waals surface area contributed by atoms with Crippen molar-refractivity contribution >= 4 is 34.7 Å². The number of hydrogen-bond acceptors (Lipinski definition) is 1. The highest BCUT2D eigenvalue weighted by molar-refractivity contribution is 14.1. The lowest BCUT2D eigenvalue weighted by Crippen LogP contribution is -1.76. The molecule has 0 aliphatic rings. The van der Waals surface area contributed by atoms with E-state index in [4.69, 9.17) is 5.26 Å². The minimum Gasteiger partial charge on any atom is -0.192 e. The van der Waals surface area contributed by atoms with Gasteiger partial charge >= 0.3 is 0 Å². The predicted octanol–water partition coefficient (Wildman–Crippen LogP) is 4.33. The van der Waals surface area contributed by atoms with Gasteiger partial charge in [0, 0.05) is 3.57 Å². The van der Waals surface area contributed by atoms with Crippen molar-refractivity contribution in [3.63, 3.8) is 0 Å². The molecule has 0 unspecified atom stereocenters. The van der Waals surface area contributed by atoms with Crippen molar-refractivity contribution in [1.29, 1.82) is 5.26 Å². The van der Waals surface area contributed by atoms with Crippen LogP contribution in [0.5, 0.6) is 0 Å². The third-order valence-corrected chi connectivity index (χ3v) is 3.03. The van der Waals surface area contributed by atoms with E-state index in [1.807, 2.05) is 36.4 Å². The minimum absolute atomic E-state index is 0.691. The van der Waals surface area contributed by atoms with Gasteiger partial charge in [-0.3, -0.25) is 0 Å². The van der Waals surface area contributed by atoms with Crippen molar-refractivity contribution in [3.05, 3.63) is 68.8 Å². The van der Waals surface area contributed by atoms with Crippen molar-refractivity contribution in [2.45, 2.75) is 0 Å². The van der Waals surface area contributed by atoms with Crippen molar-refractivity contribution in [1.82, 2.24) is 0 Å². The van der Waals surface area contributed by atoms with Gasteiger partial charge in [0.05, 0.1) is 11.6 Å². The summed E-state index contributed by atoms with van der Waals surface area (Å²) in [6.07, 6.45) is 4.12. The van der Waals surface area contributed by atoms with Gasteiger partial charge in [-0.05, 0) is 58.0 Å². The predicted molar refractivity (Wildman–Crippen MR) is 79.2 cm³/mol. The molecular weight excluding hydrogens is 321 g/mol. The number of rotatable bonds is 2. The maximum atomic E-state index is 8.70. The molecule has 0 aromatic heterocycles. The fourth-order valence-corrected chi connectivity index (χ4v) is 2.04. The van der Waals surface area contributed by atoms with Crippen LogP contribution >= 0.6 is 22.6 Å². The summed E-state index contributed by atoms with van der Waals surface area (Å²) in [7, 11) is 0. The topological polar surface area (TPSA) is 23.8 Å². The first kappa shape index (κ1) is 11.9. The van der Waals surface area contributed by atoms with Gasteiger partial charge in [0.15, 0.2) is 0 Å². The van der Waals surface area contributed by atoms with E-state index in [1.165, 1.54) is 9.13 Å². The van der Waals surface area contributed by atoms with Crippen LogP contribution in [0.4, 0.5) is 0 Å². The van der Waals surface area contributed by atoms with Crippen LogP contribution < -0.4 is 0 Å². The summed E-state index contributed by atoms with van der Waals surface area (Å²) >= 11 is 2.30. The number of halogens is 1. The highest BCUT2D eigenvalue weighted by Gasteiger charge is 1.91. The number of hydrogen-bond donors (Lipinski definition) is 0. The van der Waals surface area contributed by atoms with Crippen LogP contribution in [0.15, 0.2) is 48.5 Å². The molecule has 0 fully saturated rings. The molecule has 2 aromatic carbocycles. The fraction of sp³-hybridized carbons (Fsp3) is 0. The van der Waals surface area contributed by atoms with Gasteiger partial charge in [-0.25, -0.2) is 0 Å². The molecule has 0 saturated heterocycles. The van der Waals surface area contributed by atoms with Crippen LogP contribution in [0.25, 0.3) is 12.2 Å². The van der Waals surface area contributed by atoms with E-state index in [1.54, 1.807) is 0 Å². The summed E-state index contributed by atoms with van der Waals surface area (Å²) in [5.74, 6) is 0. The number of nitrogens with zero attached hydrogens (tertiary/aromatic N) is 1. The molecule has 82 valence electrons. The quantitative estimate of drug-likeness (QED) is 0.593. The normalized spacial score (nSPS) is 10.4. The second kappa shape index (κ2) is 5.65. The Balaban J connectivity index is 2.17. The van der Waals surface area contributed by atoms with Crippen LogP contribution in [-0.2, 0) is 0 Å². The lowest BCUT2D eigenvalue weighted by atomic mass is 10.1. The maximum Gasteiger partial charge on any atom is 0.0991 e. The van der Waals surface area contributed by atoms with E-state index in [0.29, 0.717) is 5.56 Å². The highest BCUT2D eigenvalue weighted by Crippen LogP contribution is 2.12. The lowest BCUT2D eigenvalue weighted by molar-refractivity contribution is 1.48. The second-order valence-corrected chi connectivity index (χ2v) is 4.87. The summed E-state index contributed by atoms with van der Waals surface area (Å²) in [6, 6.07) is 18.0. The third-order valence-electron chi connectivity index (χ3n) is 2.36. The molecule has 0 amide bonds. The Hall–Kier alpha value is -1.60. The van der Waals surface area contributed by atoms with E-state index in [2.05, 4.69) is 52.9 Å². The van der Waals surface area contributed by atoms with Gasteiger partial charge in [-0.15, -0.1) is 0 Å². The highest BCUT2D eigenvalue weighted by atomic mass is 127. The Morgan fingerprint density at radius 2 is 1.65 bits per heavy atom. The fourth-order valence-electron chi connectivity index (χ4n) is 1.47. The Morgan fingerprint density at radius 3 is 2.29 bits per heavy atom. The molecule has 0 bridgehead atoms. The zero-order valence-corrected chi connectivity index (χ0v) is 11.3. The molecule has 0 saturated carbocycles. The molecular formula is C15H10IN. The van der Waals surface area contributed by atoms with Crippen molar-refractivity contribution in [3.8, 4) is 6.07 Å². The van der Waals surface area contributed by atoms with Crippen LogP contribution in [0, 0.1) is 14.9 Å². The first-order valence-corrected chi connectivity index (χ1v) is 6.29. The zero-order valence-electron chi connectivity index (χ0n) is 9.10. The molecule has 0 atom stereocenters. The molecule has 2 heteroatoms. The Bertz CT molecular complexity index is 577. The summed E-state index contributed by atoms with van der Waals surface area (Å²) < 4.78 is 1.23. The average Bonchev–Trinajstić information content (AvgIpc) is 2.37. The Kier molecular flexibility index (Phi) is 3.94. The molecule has 0 N–H and O–H groups in total. The van der Waals surface area contributed by atoms with Gasteiger partial charge in [-0.2, -0.15) is 5.26 Å². The molecule has 17 heavy (non-hydrogen) atoms. The van der Waals surface area contributed by atoms with Crippen molar-refractivity contribution in [2.24, 2.45) is 0 Å². The van der Waals surface area contributed by atoms with E-state index >= 15 is 0 Å². The smallest absolute Gasteiger partial charge is 0.0991 e. The summed E-state index contributed by atoms with van der Waals surface area (Å²) in [6.45, 7) is 0. The molecule has 0 heterocycles. The third kappa shape index (κ3) is 3.43.